The Morgan fingerprint density at radius 3 is 1.30 bits per heavy atom. The van der Waals surface area contributed by atoms with E-state index in [0.29, 0.717) is 21.9 Å². The van der Waals surface area contributed by atoms with E-state index in [1.807, 2.05) is 138 Å². The van der Waals surface area contributed by atoms with Crippen LogP contribution in [0.25, 0.3) is 60.9 Å². The van der Waals surface area contributed by atoms with Gasteiger partial charge in [0.05, 0.1) is 30.4 Å². The van der Waals surface area contributed by atoms with Crippen molar-refractivity contribution >= 4 is 50.6 Å². The zero-order valence-corrected chi connectivity index (χ0v) is 31.2. The van der Waals surface area contributed by atoms with E-state index in [-0.39, 0.29) is 22.3 Å². The largest absolute Gasteiger partial charge is 0.308 e. The molecule has 0 saturated heterocycles. The molecular formula is C54H39NSi. The van der Waals surface area contributed by atoms with Gasteiger partial charge in [0.2, 0.25) is 0 Å². The lowest BCUT2D eigenvalue weighted by Crippen LogP contribution is -2.74. The molecule has 0 spiro atoms. The van der Waals surface area contributed by atoms with E-state index in [1.54, 1.807) is 0 Å². The Balaban J connectivity index is 1.50. The highest BCUT2D eigenvalue weighted by Crippen LogP contribution is 2.42. The number of hydrogen-bond donors (Lipinski definition) is 0. The standard InChI is InChI=1S/C54H39NSi/c1-7-21-40(22-8-1)43-35-36-53-51(37-43)48-33-19-20-34-52(48)55(53)54-49(41-23-9-2-10-24-41)38-47(39-50(54)42-25-11-3-12-26-42)56(44-27-13-4-14-28-44,45-29-15-5-16-30-45)46-31-17-6-18-32-46/h1-39H/i2D,3D,9D,10D,11D,12D,23D,24D,25D,26D. The SMILES string of the molecule is [2H]c1c([2H])c([2H])c(-c2cc([Si](c3ccccc3)(c3ccccc3)c3ccccc3)cc(-c3c([2H])c([2H])c([2H])c([2H])c3[2H])c2-n2c3ccccc3c3cc(-c4ccccc4)ccc32)c([2H])c1[2H]. The van der Waals surface area contributed by atoms with Gasteiger partial charge in [-0.1, -0.05) is 218 Å². The molecular weight excluding hydrogens is 691 g/mol. The lowest BCUT2D eigenvalue weighted by Gasteiger charge is -2.36. The predicted molar refractivity (Wildman–Crippen MR) is 241 cm³/mol. The molecule has 0 N–H and O–H groups in total. The van der Waals surface area contributed by atoms with Crippen LogP contribution in [0, 0.1) is 0 Å². The van der Waals surface area contributed by atoms with Gasteiger partial charge in [0, 0.05) is 21.9 Å². The lowest BCUT2D eigenvalue weighted by molar-refractivity contribution is 1.18. The molecule has 10 rings (SSSR count). The molecule has 0 unspecified atom stereocenters. The van der Waals surface area contributed by atoms with Gasteiger partial charge in [0.15, 0.2) is 8.07 Å². The van der Waals surface area contributed by atoms with Crippen LogP contribution >= 0.6 is 0 Å². The highest BCUT2D eigenvalue weighted by atomic mass is 28.3. The smallest absolute Gasteiger partial charge is 0.179 e. The van der Waals surface area contributed by atoms with E-state index < -0.39 is 68.5 Å². The van der Waals surface area contributed by atoms with Crippen molar-refractivity contribution in [3.63, 3.8) is 0 Å². The molecule has 0 saturated carbocycles. The minimum Gasteiger partial charge on any atom is -0.308 e. The number of para-hydroxylation sites is 1. The molecule has 0 radical (unpaired) electrons. The maximum atomic E-state index is 9.59. The Morgan fingerprint density at radius 1 is 0.339 bits per heavy atom. The maximum absolute atomic E-state index is 9.59. The van der Waals surface area contributed by atoms with Gasteiger partial charge in [0.1, 0.15) is 0 Å². The number of benzene rings is 9. The second kappa shape index (κ2) is 14.3. The van der Waals surface area contributed by atoms with Crippen molar-refractivity contribution in [1.29, 1.82) is 0 Å². The summed E-state index contributed by atoms with van der Waals surface area (Å²) in [6.07, 6.45) is 0. The first-order valence-electron chi connectivity index (χ1n) is 23.5. The van der Waals surface area contributed by atoms with E-state index in [1.165, 1.54) is 0 Å². The first-order valence-corrected chi connectivity index (χ1v) is 20.5. The van der Waals surface area contributed by atoms with Gasteiger partial charge in [-0.25, -0.2) is 0 Å². The number of fused-ring (bicyclic) bond motifs is 3. The van der Waals surface area contributed by atoms with Crippen LogP contribution in [0.1, 0.15) is 13.7 Å². The van der Waals surface area contributed by atoms with Crippen LogP contribution in [0.5, 0.6) is 0 Å². The van der Waals surface area contributed by atoms with Gasteiger partial charge >= 0.3 is 0 Å². The number of nitrogens with zero attached hydrogens (tertiary/aromatic N) is 1. The third kappa shape index (κ3) is 5.62. The van der Waals surface area contributed by atoms with Crippen LogP contribution in [0.2, 0.25) is 0 Å². The summed E-state index contributed by atoms with van der Waals surface area (Å²) in [5.74, 6) is 0. The molecule has 1 nitrogen and oxygen atoms in total. The van der Waals surface area contributed by atoms with Crippen molar-refractivity contribution in [2.45, 2.75) is 0 Å². The molecule has 1 heterocycles. The van der Waals surface area contributed by atoms with Crippen molar-refractivity contribution < 1.29 is 13.7 Å². The van der Waals surface area contributed by atoms with Crippen LogP contribution in [0.4, 0.5) is 0 Å². The van der Waals surface area contributed by atoms with Crippen molar-refractivity contribution in [2.24, 2.45) is 0 Å². The van der Waals surface area contributed by atoms with Gasteiger partial charge < -0.3 is 4.57 Å². The van der Waals surface area contributed by atoms with E-state index in [9.17, 15) is 5.48 Å². The summed E-state index contributed by atoms with van der Waals surface area (Å²) in [5, 5.41) is 5.33. The van der Waals surface area contributed by atoms with Crippen LogP contribution in [-0.4, -0.2) is 12.6 Å². The zero-order valence-electron chi connectivity index (χ0n) is 40.2. The van der Waals surface area contributed by atoms with Crippen LogP contribution < -0.4 is 20.7 Å². The molecule has 1 aromatic heterocycles. The molecule has 9 aromatic carbocycles. The summed E-state index contributed by atoms with van der Waals surface area (Å²) in [6.45, 7) is 0. The molecule has 56 heavy (non-hydrogen) atoms. The molecule has 0 aliphatic carbocycles. The predicted octanol–water partition coefficient (Wildman–Crippen LogP) is 11.2. The normalized spacial score (nSPS) is 14.1. The van der Waals surface area contributed by atoms with Crippen LogP contribution in [0.15, 0.2) is 236 Å². The molecule has 0 atom stereocenters. The van der Waals surface area contributed by atoms with Gasteiger partial charge in [-0.3, -0.25) is 0 Å². The van der Waals surface area contributed by atoms with Crippen LogP contribution in [0.3, 0.4) is 0 Å². The first kappa shape index (κ1) is 24.4. The molecule has 10 aromatic rings. The molecule has 0 bridgehead atoms. The van der Waals surface area contributed by atoms with Gasteiger partial charge in [-0.15, -0.1) is 0 Å². The second-order valence-corrected chi connectivity index (χ2v) is 17.5. The van der Waals surface area contributed by atoms with E-state index in [0.717, 1.165) is 37.5 Å². The average Bonchev–Trinajstić information content (AvgIpc) is 3.69. The van der Waals surface area contributed by atoms with Gasteiger partial charge in [-0.2, -0.15) is 0 Å². The summed E-state index contributed by atoms with van der Waals surface area (Å²) in [7, 11) is -3.55. The fraction of sp³-hybridized carbons (Fsp3) is 0. The first-order chi connectivity index (χ1) is 31.9. The molecule has 0 aliphatic rings. The minimum absolute atomic E-state index is 0.0876. The summed E-state index contributed by atoms with van der Waals surface area (Å²) in [4.78, 5) is 0. The number of rotatable bonds is 8. The fourth-order valence-electron chi connectivity index (χ4n) is 8.33. The topological polar surface area (TPSA) is 4.93 Å². The highest BCUT2D eigenvalue weighted by Gasteiger charge is 2.42. The van der Waals surface area contributed by atoms with Crippen LogP contribution in [-0.2, 0) is 0 Å². The lowest BCUT2D eigenvalue weighted by atomic mass is 9.95. The van der Waals surface area contributed by atoms with Gasteiger partial charge in [0.25, 0.3) is 0 Å². The maximum Gasteiger partial charge on any atom is 0.179 e. The monoisotopic (exact) mass is 739 g/mol. The second-order valence-electron chi connectivity index (χ2n) is 13.7. The highest BCUT2D eigenvalue weighted by molar-refractivity contribution is 7.20. The minimum atomic E-state index is -3.55. The summed E-state index contributed by atoms with van der Waals surface area (Å²) < 4.78 is 93.7. The Kier molecular flexibility index (Phi) is 6.25. The number of hydrogen-bond acceptors (Lipinski definition) is 0. The Labute approximate surface area is 343 Å². The fourth-order valence-corrected chi connectivity index (χ4v) is 13.1. The van der Waals surface area contributed by atoms with E-state index in [2.05, 4.69) is 42.5 Å². The van der Waals surface area contributed by atoms with Crippen molar-refractivity contribution in [3.05, 3.63) is 236 Å². The third-order valence-corrected chi connectivity index (χ3v) is 15.5. The molecule has 0 amide bonds. The Morgan fingerprint density at radius 2 is 0.786 bits per heavy atom. The van der Waals surface area contributed by atoms with Crippen molar-refractivity contribution in [2.75, 3.05) is 0 Å². The summed E-state index contributed by atoms with van der Waals surface area (Å²) >= 11 is 0. The molecule has 0 aliphatic heterocycles. The zero-order chi connectivity index (χ0) is 46.0. The third-order valence-electron chi connectivity index (χ3n) is 10.7. The van der Waals surface area contributed by atoms with E-state index in [4.69, 9.17) is 8.22 Å². The quantitative estimate of drug-likeness (QED) is 0.108. The van der Waals surface area contributed by atoms with E-state index >= 15 is 0 Å². The Bertz CT molecular complexity index is 3280. The average molecular weight is 740 g/mol. The Hall–Kier alpha value is -7.00. The van der Waals surface area contributed by atoms with Gasteiger partial charge in [-0.05, 0) is 61.2 Å². The summed E-state index contributed by atoms with van der Waals surface area (Å²) in [6, 6.07) is 52.9. The molecule has 2 heteroatoms. The molecule has 264 valence electrons. The van der Waals surface area contributed by atoms with Crippen molar-refractivity contribution in [1.82, 2.24) is 4.57 Å². The molecule has 0 fully saturated rings. The van der Waals surface area contributed by atoms with Crippen molar-refractivity contribution in [3.8, 4) is 39.1 Å². The summed E-state index contributed by atoms with van der Waals surface area (Å²) in [5.41, 5.74) is 3.96. The number of aromatic nitrogens is 1.